The van der Waals surface area contributed by atoms with Crippen LogP contribution >= 0.6 is 11.8 Å². The van der Waals surface area contributed by atoms with E-state index in [0.29, 0.717) is 0 Å². The monoisotopic (exact) mass is 196 g/mol. The summed E-state index contributed by atoms with van der Waals surface area (Å²) in [6.07, 6.45) is 0.903. The van der Waals surface area contributed by atoms with Crippen molar-refractivity contribution in [2.75, 3.05) is 12.9 Å². The van der Waals surface area contributed by atoms with Crippen molar-refractivity contribution in [3.8, 4) is 0 Å². The molecule has 0 saturated heterocycles. The number of rotatable bonds is 3. The molecule has 0 aliphatic heterocycles. The maximum absolute atomic E-state index is 10.7. The molecule has 0 unspecified atom stereocenters. The van der Waals surface area contributed by atoms with E-state index in [9.17, 15) is 4.79 Å². The normalized spacial score (nSPS) is 9.62. The van der Waals surface area contributed by atoms with Crippen molar-refractivity contribution in [2.45, 2.75) is 6.42 Å². The average Bonchev–Trinajstić information content (AvgIpc) is 2.19. The number of thioether (sulfide) groups is 1. The van der Waals surface area contributed by atoms with E-state index in [1.807, 2.05) is 18.2 Å². The second kappa shape index (κ2) is 5.65. The van der Waals surface area contributed by atoms with Crippen LogP contribution < -0.4 is 0 Å². The van der Waals surface area contributed by atoms with Crippen molar-refractivity contribution < 1.29 is 9.53 Å². The Labute approximate surface area is 82.3 Å². The van der Waals surface area contributed by atoms with Crippen molar-refractivity contribution in [3.05, 3.63) is 35.9 Å². The van der Waals surface area contributed by atoms with Crippen LogP contribution in [0.25, 0.3) is 0 Å². The molecule has 0 N–H and O–H groups in total. The summed E-state index contributed by atoms with van der Waals surface area (Å²) in [5.41, 5.74) is 1.25. The van der Waals surface area contributed by atoms with E-state index in [-0.39, 0.29) is 5.30 Å². The molecule has 0 heterocycles. The van der Waals surface area contributed by atoms with Gasteiger partial charge in [-0.15, -0.1) is 0 Å². The maximum Gasteiger partial charge on any atom is 0.367 e. The third-order valence-corrected chi connectivity index (χ3v) is 2.43. The summed E-state index contributed by atoms with van der Waals surface area (Å²) in [5, 5.41) is -0.212. The van der Waals surface area contributed by atoms with Crippen LogP contribution in [0.4, 0.5) is 4.79 Å². The molecule has 2 nitrogen and oxygen atoms in total. The summed E-state index contributed by atoms with van der Waals surface area (Å²) >= 11 is 1.21. The largest absolute Gasteiger partial charge is 0.461 e. The van der Waals surface area contributed by atoms with Gasteiger partial charge in [0.05, 0.1) is 7.11 Å². The van der Waals surface area contributed by atoms with Gasteiger partial charge in [0.1, 0.15) is 0 Å². The van der Waals surface area contributed by atoms with Gasteiger partial charge < -0.3 is 4.74 Å². The smallest absolute Gasteiger partial charge is 0.367 e. The van der Waals surface area contributed by atoms with E-state index >= 15 is 0 Å². The molecule has 0 bridgehead atoms. The molecule has 0 saturated carbocycles. The Morgan fingerprint density at radius 3 is 2.69 bits per heavy atom. The van der Waals surface area contributed by atoms with Crippen LogP contribution in [-0.4, -0.2) is 18.2 Å². The predicted molar refractivity (Wildman–Crippen MR) is 55.0 cm³/mol. The van der Waals surface area contributed by atoms with E-state index in [1.165, 1.54) is 24.4 Å². The topological polar surface area (TPSA) is 26.3 Å². The SMILES string of the molecule is COC(=O)SCCc1ccccc1. The molecule has 0 atom stereocenters. The third-order valence-electron chi connectivity index (χ3n) is 1.62. The number of methoxy groups -OCH3 is 1. The fraction of sp³-hybridized carbons (Fsp3) is 0.300. The second-order valence-electron chi connectivity index (χ2n) is 2.54. The van der Waals surface area contributed by atoms with E-state index in [0.717, 1.165) is 12.2 Å². The van der Waals surface area contributed by atoms with Crippen LogP contribution in [0.1, 0.15) is 5.56 Å². The first-order valence-corrected chi connectivity index (χ1v) is 5.06. The molecule has 0 aromatic heterocycles. The molecule has 0 radical (unpaired) electrons. The van der Waals surface area contributed by atoms with Gasteiger partial charge in [-0.2, -0.15) is 0 Å². The lowest BCUT2D eigenvalue weighted by molar-refractivity contribution is 0.200. The first kappa shape index (κ1) is 10.1. The minimum absolute atomic E-state index is 0.212. The molecular formula is C10H12O2S. The molecule has 1 aromatic carbocycles. The van der Waals surface area contributed by atoms with Crippen LogP contribution in [0.3, 0.4) is 0 Å². The van der Waals surface area contributed by atoms with Gasteiger partial charge in [0.25, 0.3) is 0 Å². The highest BCUT2D eigenvalue weighted by Gasteiger charge is 1.99. The van der Waals surface area contributed by atoms with Gasteiger partial charge >= 0.3 is 5.30 Å². The Hall–Kier alpha value is -0.960. The van der Waals surface area contributed by atoms with E-state index in [4.69, 9.17) is 0 Å². The van der Waals surface area contributed by atoms with Crippen molar-refractivity contribution in [1.29, 1.82) is 0 Å². The minimum atomic E-state index is -0.212. The van der Waals surface area contributed by atoms with Gasteiger partial charge in [0.15, 0.2) is 0 Å². The summed E-state index contributed by atoms with van der Waals surface area (Å²) in [7, 11) is 1.40. The Kier molecular flexibility index (Phi) is 4.40. The van der Waals surface area contributed by atoms with Crippen LogP contribution in [0.15, 0.2) is 30.3 Å². The van der Waals surface area contributed by atoms with E-state index in [2.05, 4.69) is 16.9 Å². The highest BCUT2D eigenvalue weighted by atomic mass is 32.2. The summed E-state index contributed by atoms with van der Waals surface area (Å²) in [6.45, 7) is 0. The number of aryl methyl sites for hydroxylation is 1. The van der Waals surface area contributed by atoms with Crippen molar-refractivity contribution in [2.24, 2.45) is 0 Å². The standard InChI is InChI=1S/C10H12O2S/c1-12-10(11)13-8-7-9-5-3-2-4-6-9/h2-6H,7-8H2,1H3. The molecule has 70 valence electrons. The first-order chi connectivity index (χ1) is 6.33. The van der Waals surface area contributed by atoms with Gasteiger partial charge in [-0.05, 0) is 23.7 Å². The molecule has 0 fully saturated rings. The van der Waals surface area contributed by atoms with Crippen LogP contribution in [0.2, 0.25) is 0 Å². The van der Waals surface area contributed by atoms with Gasteiger partial charge in [0, 0.05) is 5.75 Å². The summed E-state index contributed by atoms with van der Waals surface area (Å²) in [6, 6.07) is 10.1. The molecule has 0 spiro atoms. The number of hydrogen-bond acceptors (Lipinski definition) is 3. The zero-order valence-electron chi connectivity index (χ0n) is 7.53. The Balaban J connectivity index is 2.24. The van der Waals surface area contributed by atoms with Crippen LogP contribution in [0, 0.1) is 0 Å². The number of hydrogen-bond donors (Lipinski definition) is 0. The molecule has 1 aromatic rings. The fourth-order valence-corrected chi connectivity index (χ4v) is 1.58. The predicted octanol–water partition coefficient (Wildman–Crippen LogP) is 2.73. The van der Waals surface area contributed by atoms with Crippen LogP contribution in [0.5, 0.6) is 0 Å². The fourth-order valence-electron chi connectivity index (χ4n) is 0.956. The molecule has 1 rings (SSSR count). The molecule has 3 heteroatoms. The molecule has 0 aliphatic rings. The lowest BCUT2D eigenvalue weighted by Gasteiger charge is -1.99. The molecule has 13 heavy (non-hydrogen) atoms. The average molecular weight is 196 g/mol. The van der Waals surface area contributed by atoms with E-state index in [1.54, 1.807) is 0 Å². The van der Waals surface area contributed by atoms with Gasteiger partial charge in [0.2, 0.25) is 0 Å². The number of carbonyl (C=O) groups excluding carboxylic acids is 1. The number of benzene rings is 1. The minimum Gasteiger partial charge on any atom is -0.461 e. The third kappa shape index (κ3) is 3.99. The van der Waals surface area contributed by atoms with E-state index < -0.39 is 0 Å². The first-order valence-electron chi connectivity index (χ1n) is 4.07. The summed E-state index contributed by atoms with van der Waals surface area (Å²) in [5.74, 6) is 0.774. The quantitative estimate of drug-likeness (QED) is 0.695. The summed E-state index contributed by atoms with van der Waals surface area (Å²) in [4.78, 5) is 10.7. The summed E-state index contributed by atoms with van der Waals surface area (Å²) < 4.78 is 4.51. The van der Waals surface area contributed by atoms with Crippen molar-refractivity contribution >= 4 is 17.1 Å². The lowest BCUT2D eigenvalue weighted by Crippen LogP contribution is -1.95. The van der Waals surface area contributed by atoms with Crippen LogP contribution in [-0.2, 0) is 11.2 Å². The zero-order valence-corrected chi connectivity index (χ0v) is 8.34. The lowest BCUT2D eigenvalue weighted by atomic mass is 10.2. The molecule has 0 amide bonds. The molecular weight excluding hydrogens is 184 g/mol. The number of carbonyl (C=O) groups is 1. The van der Waals surface area contributed by atoms with Gasteiger partial charge in [-0.1, -0.05) is 30.3 Å². The Morgan fingerprint density at radius 2 is 2.08 bits per heavy atom. The highest BCUT2D eigenvalue weighted by molar-refractivity contribution is 8.13. The Bertz CT molecular complexity index is 259. The van der Waals surface area contributed by atoms with Gasteiger partial charge in [-0.3, -0.25) is 0 Å². The van der Waals surface area contributed by atoms with Crippen molar-refractivity contribution in [1.82, 2.24) is 0 Å². The van der Waals surface area contributed by atoms with Crippen molar-refractivity contribution in [3.63, 3.8) is 0 Å². The molecule has 0 aliphatic carbocycles. The zero-order chi connectivity index (χ0) is 9.52. The number of ether oxygens (including phenoxy) is 1. The van der Waals surface area contributed by atoms with Gasteiger partial charge in [-0.25, -0.2) is 4.79 Å². The Morgan fingerprint density at radius 1 is 1.38 bits per heavy atom. The highest BCUT2D eigenvalue weighted by Crippen LogP contribution is 2.08. The maximum atomic E-state index is 10.7. The second-order valence-corrected chi connectivity index (χ2v) is 3.57.